The average molecular weight is 198 g/mol. The smallest absolute Gasteiger partial charge is 0.00418 e. The van der Waals surface area contributed by atoms with E-state index in [1.807, 2.05) is 0 Å². The Labute approximate surface area is 89.1 Å². The molecule has 2 heteroatoms. The summed E-state index contributed by atoms with van der Waals surface area (Å²) in [7, 11) is 2.26. The fourth-order valence-electron chi connectivity index (χ4n) is 2.54. The zero-order valence-electron chi connectivity index (χ0n) is 10.2. The van der Waals surface area contributed by atoms with Crippen molar-refractivity contribution in [3.05, 3.63) is 0 Å². The maximum Gasteiger partial charge on any atom is 0.00418 e. The van der Waals surface area contributed by atoms with Gasteiger partial charge in [-0.15, -0.1) is 0 Å². The van der Waals surface area contributed by atoms with Crippen LogP contribution >= 0.6 is 0 Å². The second-order valence-electron chi connectivity index (χ2n) is 5.36. The zero-order chi connectivity index (χ0) is 10.6. The Balaban J connectivity index is 2.21. The molecule has 1 fully saturated rings. The van der Waals surface area contributed by atoms with Crippen molar-refractivity contribution in [2.24, 2.45) is 11.8 Å². The van der Waals surface area contributed by atoms with Gasteiger partial charge in [0.05, 0.1) is 0 Å². The average Bonchev–Trinajstić information content (AvgIpc) is 2.01. The van der Waals surface area contributed by atoms with E-state index < -0.39 is 0 Å². The third-order valence-electron chi connectivity index (χ3n) is 2.98. The molecule has 0 spiro atoms. The number of rotatable bonds is 4. The maximum atomic E-state index is 3.51. The monoisotopic (exact) mass is 198 g/mol. The van der Waals surface area contributed by atoms with E-state index in [9.17, 15) is 0 Å². The molecule has 2 atom stereocenters. The van der Waals surface area contributed by atoms with Gasteiger partial charge in [-0.2, -0.15) is 0 Å². The molecule has 2 nitrogen and oxygen atoms in total. The first kappa shape index (κ1) is 12.0. The normalized spacial score (nSPS) is 28.7. The lowest BCUT2D eigenvalue weighted by Gasteiger charge is -2.31. The van der Waals surface area contributed by atoms with Crippen LogP contribution in [-0.2, 0) is 0 Å². The van der Waals surface area contributed by atoms with Crippen molar-refractivity contribution in [1.29, 1.82) is 0 Å². The largest absolute Gasteiger partial charge is 0.314 e. The van der Waals surface area contributed by atoms with Gasteiger partial charge in [-0.1, -0.05) is 13.8 Å². The fraction of sp³-hybridized carbons (Fsp3) is 1.00. The van der Waals surface area contributed by atoms with Crippen LogP contribution in [0.2, 0.25) is 0 Å². The number of nitrogens with zero attached hydrogens (tertiary/aromatic N) is 1. The van der Waals surface area contributed by atoms with Crippen LogP contribution in [0.3, 0.4) is 0 Å². The molecule has 1 rings (SSSR count). The highest BCUT2D eigenvalue weighted by molar-refractivity contribution is 4.77. The van der Waals surface area contributed by atoms with Crippen LogP contribution < -0.4 is 5.32 Å². The molecule has 0 aromatic heterocycles. The quantitative estimate of drug-likeness (QED) is 0.743. The highest BCUT2D eigenvalue weighted by Crippen LogP contribution is 2.17. The Morgan fingerprint density at radius 1 is 1.43 bits per heavy atom. The van der Waals surface area contributed by atoms with Crippen molar-refractivity contribution in [3.63, 3.8) is 0 Å². The van der Waals surface area contributed by atoms with Crippen LogP contribution in [0.4, 0.5) is 0 Å². The molecule has 0 aromatic rings. The summed E-state index contributed by atoms with van der Waals surface area (Å²) >= 11 is 0. The summed E-state index contributed by atoms with van der Waals surface area (Å²) in [5, 5.41) is 3.51. The molecular formula is C12H26N2. The summed E-state index contributed by atoms with van der Waals surface area (Å²) in [6.07, 6.45) is 2.70. The van der Waals surface area contributed by atoms with Crippen LogP contribution in [0.15, 0.2) is 0 Å². The van der Waals surface area contributed by atoms with E-state index in [-0.39, 0.29) is 0 Å². The first-order valence-corrected chi connectivity index (χ1v) is 6.00. The number of hydrogen-bond donors (Lipinski definition) is 1. The Morgan fingerprint density at radius 3 is 2.71 bits per heavy atom. The SMILES string of the molecule is CC(C)CN(C)CC1CCNC(C)C1. The standard InChI is InChI=1S/C12H26N2/c1-10(2)8-14(4)9-12-5-6-13-11(3)7-12/h10-13H,5-9H2,1-4H3. The Morgan fingerprint density at radius 2 is 2.14 bits per heavy atom. The van der Waals surface area contributed by atoms with E-state index in [2.05, 4.69) is 38.0 Å². The van der Waals surface area contributed by atoms with Gasteiger partial charge in [0, 0.05) is 19.1 Å². The topological polar surface area (TPSA) is 15.3 Å². The number of piperidine rings is 1. The molecule has 84 valence electrons. The predicted octanol–water partition coefficient (Wildman–Crippen LogP) is 1.96. The molecule has 0 amide bonds. The van der Waals surface area contributed by atoms with Crippen molar-refractivity contribution in [2.45, 2.75) is 39.7 Å². The summed E-state index contributed by atoms with van der Waals surface area (Å²) in [5.41, 5.74) is 0. The lowest BCUT2D eigenvalue weighted by molar-refractivity contribution is 0.206. The molecule has 0 bridgehead atoms. The van der Waals surface area contributed by atoms with Gasteiger partial charge < -0.3 is 10.2 Å². The van der Waals surface area contributed by atoms with Gasteiger partial charge in [-0.25, -0.2) is 0 Å². The minimum absolute atomic E-state index is 0.723. The minimum atomic E-state index is 0.723. The minimum Gasteiger partial charge on any atom is -0.314 e. The second-order valence-corrected chi connectivity index (χ2v) is 5.36. The van der Waals surface area contributed by atoms with Crippen LogP contribution in [0.1, 0.15) is 33.6 Å². The van der Waals surface area contributed by atoms with E-state index in [1.54, 1.807) is 0 Å². The number of hydrogen-bond acceptors (Lipinski definition) is 2. The molecule has 0 saturated carbocycles. The number of nitrogens with one attached hydrogen (secondary N) is 1. The lowest BCUT2D eigenvalue weighted by Crippen LogP contribution is -2.40. The van der Waals surface area contributed by atoms with Crippen molar-refractivity contribution in [2.75, 3.05) is 26.7 Å². The van der Waals surface area contributed by atoms with E-state index in [0.29, 0.717) is 0 Å². The molecule has 0 aromatic carbocycles. The molecule has 1 aliphatic rings. The Hall–Kier alpha value is -0.0800. The maximum absolute atomic E-state index is 3.51. The van der Waals surface area contributed by atoms with Crippen LogP contribution in [0, 0.1) is 11.8 Å². The van der Waals surface area contributed by atoms with Crippen molar-refractivity contribution >= 4 is 0 Å². The Kier molecular flexibility index (Phi) is 4.90. The van der Waals surface area contributed by atoms with Crippen molar-refractivity contribution < 1.29 is 0 Å². The Bertz CT molecular complexity index is 156. The van der Waals surface area contributed by atoms with Gasteiger partial charge in [-0.05, 0) is 45.2 Å². The molecule has 0 radical (unpaired) electrons. The molecular weight excluding hydrogens is 172 g/mol. The molecule has 1 N–H and O–H groups in total. The van der Waals surface area contributed by atoms with Crippen LogP contribution in [0.5, 0.6) is 0 Å². The van der Waals surface area contributed by atoms with E-state index in [1.165, 1.54) is 32.5 Å². The van der Waals surface area contributed by atoms with Crippen LogP contribution in [0.25, 0.3) is 0 Å². The molecule has 0 aliphatic carbocycles. The second kappa shape index (κ2) is 5.72. The van der Waals surface area contributed by atoms with Crippen molar-refractivity contribution in [1.82, 2.24) is 10.2 Å². The molecule has 1 aliphatic heterocycles. The van der Waals surface area contributed by atoms with Gasteiger partial charge >= 0.3 is 0 Å². The van der Waals surface area contributed by atoms with E-state index >= 15 is 0 Å². The fourth-order valence-corrected chi connectivity index (χ4v) is 2.54. The van der Waals surface area contributed by atoms with Gasteiger partial charge in [0.15, 0.2) is 0 Å². The zero-order valence-corrected chi connectivity index (χ0v) is 10.2. The van der Waals surface area contributed by atoms with Gasteiger partial charge in [0.1, 0.15) is 0 Å². The highest BCUT2D eigenvalue weighted by atomic mass is 15.1. The van der Waals surface area contributed by atoms with E-state index in [4.69, 9.17) is 0 Å². The summed E-state index contributed by atoms with van der Waals surface area (Å²) in [5.74, 6) is 1.70. The summed E-state index contributed by atoms with van der Waals surface area (Å²) < 4.78 is 0. The van der Waals surface area contributed by atoms with Gasteiger partial charge in [0.2, 0.25) is 0 Å². The molecule has 14 heavy (non-hydrogen) atoms. The summed E-state index contributed by atoms with van der Waals surface area (Å²) in [6, 6.07) is 0.723. The third kappa shape index (κ3) is 4.43. The van der Waals surface area contributed by atoms with Gasteiger partial charge in [0.25, 0.3) is 0 Å². The molecule has 1 saturated heterocycles. The summed E-state index contributed by atoms with van der Waals surface area (Å²) in [6.45, 7) is 10.6. The van der Waals surface area contributed by atoms with E-state index in [0.717, 1.165) is 17.9 Å². The molecule has 1 heterocycles. The summed E-state index contributed by atoms with van der Waals surface area (Å²) in [4.78, 5) is 2.49. The first-order chi connectivity index (χ1) is 6.58. The highest BCUT2D eigenvalue weighted by Gasteiger charge is 2.19. The predicted molar refractivity (Wildman–Crippen MR) is 62.5 cm³/mol. The molecule has 2 unspecified atom stereocenters. The van der Waals surface area contributed by atoms with Crippen molar-refractivity contribution in [3.8, 4) is 0 Å². The first-order valence-electron chi connectivity index (χ1n) is 6.00. The third-order valence-corrected chi connectivity index (χ3v) is 2.98. The van der Waals surface area contributed by atoms with Gasteiger partial charge in [-0.3, -0.25) is 0 Å². The lowest BCUT2D eigenvalue weighted by atomic mass is 9.93. The van der Waals surface area contributed by atoms with Crippen LogP contribution in [-0.4, -0.2) is 37.6 Å².